The molecule has 21 heavy (non-hydrogen) atoms. The van der Waals surface area contributed by atoms with Crippen LogP contribution in [0.4, 0.5) is 0 Å². The maximum atomic E-state index is 11.8. The third kappa shape index (κ3) is 8.44. The Morgan fingerprint density at radius 1 is 1.38 bits per heavy atom. The number of hydrogen-bond donors (Lipinski definition) is 2. The Morgan fingerprint density at radius 3 is 2.81 bits per heavy atom. The van der Waals surface area contributed by atoms with Crippen LogP contribution in [0.1, 0.15) is 38.3 Å². The third-order valence-corrected chi connectivity index (χ3v) is 3.80. The molecule has 0 saturated carbocycles. The molecule has 0 unspecified atom stereocenters. The molecule has 1 aromatic carbocycles. The number of benzene rings is 1. The lowest BCUT2D eigenvalue weighted by Gasteiger charge is -2.17. The van der Waals surface area contributed by atoms with Crippen LogP contribution in [0.5, 0.6) is 0 Å². The minimum absolute atomic E-state index is 0.0479. The second kappa shape index (κ2) is 8.76. The largest absolute Gasteiger partial charge is 0.395 e. The third-order valence-electron chi connectivity index (χ3n) is 2.52. The van der Waals surface area contributed by atoms with Gasteiger partial charge >= 0.3 is 0 Å². The summed E-state index contributed by atoms with van der Waals surface area (Å²) in [6.07, 6.45) is 0.477. The van der Waals surface area contributed by atoms with Crippen LogP contribution in [0.25, 0.3) is 0 Å². The molecule has 0 radical (unpaired) electrons. The highest BCUT2D eigenvalue weighted by atomic mass is 32.2. The zero-order valence-electron chi connectivity index (χ0n) is 12.9. The Kier molecular flexibility index (Phi) is 7.35. The minimum Gasteiger partial charge on any atom is -0.395 e. The van der Waals surface area contributed by atoms with Crippen LogP contribution in [-0.2, 0) is 11.3 Å². The van der Waals surface area contributed by atoms with Gasteiger partial charge < -0.3 is 10.4 Å². The number of amides is 1. The summed E-state index contributed by atoms with van der Waals surface area (Å²) in [6.45, 7) is 6.88. The number of thioether (sulfide) groups is 1. The maximum Gasteiger partial charge on any atom is 0.230 e. The molecule has 0 heterocycles. The zero-order chi connectivity index (χ0) is 15.7. The molecule has 4 heteroatoms. The van der Waals surface area contributed by atoms with Gasteiger partial charge in [0.2, 0.25) is 5.91 Å². The summed E-state index contributed by atoms with van der Waals surface area (Å²) in [7, 11) is 0. The van der Waals surface area contributed by atoms with Crippen molar-refractivity contribution in [2.75, 3.05) is 12.4 Å². The quantitative estimate of drug-likeness (QED) is 0.822. The van der Waals surface area contributed by atoms with E-state index in [0.717, 1.165) is 11.1 Å². The predicted molar refractivity (Wildman–Crippen MR) is 89.1 cm³/mol. The lowest BCUT2D eigenvalue weighted by Crippen LogP contribution is -2.26. The van der Waals surface area contributed by atoms with Gasteiger partial charge in [-0.2, -0.15) is 0 Å². The number of carbonyl (C=O) groups is 1. The van der Waals surface area contributed by atoms with Gasteiger partial charge in [-0.05, 0) is 17.7 Å². The van der Waals surface area contributed by atoms with Crippen LogP contribution in [0.2, 0.25) is 0 Å². The van der Waals surface area contributed by atoms with E-state index in [4.69, 9.17) is 5.11 Å². The fourth-order valence-electron chi connectivity index (χ4n) is 1.51. The van der Waals surface area contributed by atoms with Gasteiger partial charge in [0.1, 0.15) is 0 Å². The Morgan fingerprint density at radius 2 is 2.14 bits per heavy atom. The molecule has 0 aliphatic heterocycles. The average molecular weight is 305 g/mol. The smallest absolute Gasteiger partial charge is 0.230 e. The molecule has 3 nitrogen and oxygen atoms in total. The summed E-state index contributed by atoms with van der Waals surface area (Å²) in [6, 6.07) is 7.77. The van der Waals surface area contributed by atoms with Crippen LogP contribution in [0, 0.1) is 11.8 Å². The van der Waals surface area contributed by atoms with Crippen LogP contribution in [0.3, 0.4) is 0 Å². The van der Waals surface area contributed by atoms with Gasteiger partial charge in [0, 0.05) is 23.3 Å². The topological polar surface area (TPSA) is 49.3 Å². The number of carbonyl (C=O) groups excluding carboxylic acids is 1. The Balaban J connectivity index is 2.47. The van der Waals surface area contributed by atoms with E-state index in [1.807, 2.05) is 24.3 Å². The van der Waals surface area contributed by atoms with Gasteiger partial charge in [-0.1, -0.05) is 44.7 Å². The van der Waals surface area contributed by atoms with Crippen molar-refractivity contribution >= 4 is 17.7 Å². The maximum absolute atomic E-state index is 11.8. The molecule has 0 spiro atoms. The number of aliphatic hydroxyl groups excluding tert-OH is 1. The van der Waals surface area contributed by atoms with E-state index in [9.17, 15) is 4.79 Å². The first kappa shape index (κ1) is 17.6. The molecule has 1 amide bonds. The molecule has 114 valence electrons. The standard InChI is InChI=1S/C17H23NO2S/c1-17(2,3)21-13-16(20)18-12-15-9-6-8-14(11-15)7-4-5-10-19/h6,8-9,11,19H,5,10,12-13H2,1-3H3,(H,18,20). The van der Waals surface area contributed by atoms with E-state index < -0.39 is 0 Å². The van der Waals surface area contributed by atoms with Gasteiger partial charge in [0.15, 0.2) is 0 Å². The molecule has 2 N–H and O–H groups in total. The van der Waals surface area contributed by atoms with Crippen LogP contribution in [0.15, 0.2) is 24.3 Å². The molecule has 0 aliphatic carbocycles. The van der Waals surface area contributed by atoms with Gasteiger partial charge in [0.05, 0.1) is 12.4 Å². The monoisotopic (exact) mass is 305 g/mol. The number of hydrogen-bond acceptors (Lipinski definition) is 3. The molecule has 0 saturated heterocycles. The molecule has 0 atom stereocenters. The Bertz CT molecular complexity index is 524. The summed E-state index contributed by atoms with van der Waals surface area (Å²) >= 11 is 1.64. The summed E-state index contributed by atoms with van der Waals surface area (Å²) in [5.74, 6) is 6.40. The van der Waals surface area contributed by atoms with E-state index >= 15 is 0 Å². The highest BCUT2D eigenvalue weighted by Gasteiger charge is 2.12. The summed E-state index contributed by atoms with van der Waals surface area (Å²) in [5, 5.41) is 11.6. The van der Waals surface area contributed by atoms with Crippen molar-refractivity contribution < 1.29 is 9.90 Å². The van der Waals surface area contributed by atoms with Gasteiger partial charge in [-0.25, -0.2) is 0 Å². The lowest BCUT2D eigenvalue weighted by atomic mass is 10.1. The molecule has 1 aromatic rings. The highest BCUT2D eigenvalue weighted by molar-refractivity contribution is 8.01. The lowest BCUT2D eigenvalue weighted by molar-refractivity contribution is -0.118. The normalized spacial score (nSPS) is 10.7. The van der Waals surface area contributed by atoms with Crippen molar-refractivity contribution in [2.24, 2.45) is 0 Å². The predicted octanol–water partition coefficient (Wildman–Crippen LogP) is 2.57. The van der Waals surface area contributed by atoms with Crippen molar-refractivity contribution in [1.82, 2.24) is 5.32 Å². The highest BCUT2D eigenvalue weighted by Crippen LogP contribution is 2.22. The molecule has 0 fully saturated rings. The Hall–Kier alpha value is -1.44. The minimum atomic E-state index is 0.0479. The van der Waals surface area contributed by atoms with E-state index in [1.54, 1.807) is 11.8 Å². The van der Waals surface area contributed by atoms with Crippen LogP contribution >= 0.6 is 11.8 Å². The molecule has 1 rings (SSSR count). The van der Waals surface area contributed by atoms with Crippen molar-refractivity contribution in [3.8, 4) is 11.8 Å². The van der Waals surface area contributed by atoms with E-state index in [2.05, 4.69) is 37.9 Å². The summed E-state index contributed by atoms with van der Waals surface area (Å²) in [5.41, 5.74) is 1.93. The first-order valence-corrected chi connectivity index (χ1v) is 7.98. The first-order valence-electron chi connectivity index (χ1n) is 7.00. The molecular weight excluding hydrogens is 282 g/mol. The molecule has 0 bridgehead atoms. The molecule has 0 aromatic heterocycles. The van der Waals surface area contributed by atoms with Crippen LogP contribution < -0.4 is 5.32 Å². The number of rotatable bonds is 5. The van der Waals surface area contributed by atoms with Crippen molar-refractivity contribution in [2.45, 2.75) is 38.5 Å². The second-order valence-corrected chi connectivity index (χ2v) is 7.46. The molecular formula is C17H23NO2S. The average Bonchev–Trinajstić information content (AvgIpc) is 2.43. The summed E-state index contributed by atoms with van der Waals surface area (Å²) in [4.78, 5) is 11.8. The molecule has 0 aliphatic rings. The fourth-order valence-corrected chi connectivity index (χ4v) is 2.18. The van der Waals surface area contributed by atoms with Crippen molar-refractivity contribution in [3.05, 3.63) is 35.4 Å². The van der Waals surface area contributed by atoms with Gasteiger partial charge in [0.25, 0.3) is 0 Å². The van der Waals surface area contributed by atoms with Gasteiger partial charge in [-0.15, -0.1) is 11.8 Å². The first-order chi connectivity index (χ1) is 9.90. The van der Waals surface area contributed by atoms with Gasteiger partial charge in [-0.3, -0.25) is 4.79 Å². The zero-order valence-corrected chi connectivity index (χ0v) is 13.7. The Labute approximate surface area is 131 Å². The number of aliphatic hydroxyl groups is 1. The van der Waals surface area contributed by atoms with Crippen molar-refractivity contribution in [3.63, 3.8) is 0 Å². The second-order valence-electron chi connectivity index (χ2n) is 5.65. The fraction of sp³-hybridized carbons (Fsp3) is 0.471. The van der Waals surface area contributed by atoms with E-state index in [0.29, 0.717) is 18.7 Å². The van der Waals surface area contributed by atoms with Crippen LogP contribution in [-0.4, -0.2) is 28.1 Å². The van der Waals surface area contributed by atoms with Crippen molar-refractivity contribution in [1.29, 1.82) is 0 Å². The van der Waals surface area contributed by atoms with E-state index in [-0.39, 0.29) is 17.3 Å². The van der Waals surface area contributed by atoms with E-state index in [1.165, 1.54) is 0 Å². The SMILES string of the molecule is CC(C)(C)SCC(=O)NCc1cccc(C#CCCO)c1. The summed E-state index contributed by atoms with van der Waals surface area (Å²) < 4.78 is 0.0968. The number of nitrogens with one attached hydrogen (secondary N) is 1.